The zero-order valence-corrected chi connectivity index (χ0v) is 34.0. The van der Waals surface area contributed by atoms with Gasteiger partial charge in [-0.05, 0) is 16.7 Å². The highest BCUT2D eigenvalue weighted by atomic mass is 31.3. The van der Waals surface area contributed by atoms with E-state index in [4.69, 9.17) is 24.5 Å². The summed E-state index contributed by atoms with van der Waals surface area (Å²) in [7, 11) is -25.1. The number of esters is 2. The largest absolute Gasteiger partial charge is 0.756 e. The lowest BCUT2D eigenvalue weighted by atomic mass is 10.1. The van der Waals surface area contributed by atoms with Gasteiger partial charge < -0.3 is 48.6 Å². The second kappa shape index (κ2) is 19.0. The van der Waals surface area contributed by atoms with Crippen LogP contribution in [0.2, 0.25) is 0 Å². The molecule has 2 aromatic heterocycles. The Labute approximate surface area is 339 Å². The lowest BCUT2D eigenvalue weighted by molar-refractivity contribution is -0.255. The van der Waals surface area contributed by atoms with Crippen molar-refractivity contribution in [1.82, 2.24) is 19.5 Å². The molecule has 0 saturated carbocycles. The number of nitrogens with two attached hydrogens (primary N) is 1. The summed E-state index contributed by atoms with van der Waals surface area (Å²) in [5, 5.41) is 0. The molecule has 0 aliphatic carbocycles. The van der Waals surface area contributed by atoms with Crippen LogP contribution in [0.15, 0.2) is 104 Å². The molecule has 2 N–H and O–H groups in total. The first kappa shape index (κ1) is 45.0. The maximum atomic E-state index is 13.4. The first-order valence-corrected chi connectivity index (χ1v) is 23.0. The van der Waals surface area contributed by atoms with Gasteiger partial charge in [0.25, 0.3) is 31.3 Å². The van der Waals surface area contributed by atoms with Gasteiger partial charge in [-0.1, -0.05) is 91.0 Å². The number of carbonyl (C=O) groups is 2. The predicted octanol–water partition coefficient (Wildman–Crippen LogP) is 1.77. The number of hydrogen-bond donors (Lipinski definition) is 1. The van der Waals surface area contributed by atoms with E-state index in [2.05, 4.69) is 32.4 Å². The van der Waals surface area contributed by atoms with Crippen LogP contribution in [0.1, 0.15) is 22.9 Å². The molecule has 1 fully saturated rings. The minimum atomic E-state index is -6.59. The third kappa shape index (κ3) is 12.5. The molecular formula is C33H31N5O18P4-4. The van der Waals surface area contributed by atoms with Gasteiger partial charge in [-0.3, -0.25) is 32.4 Å². The molecular weight excluding hydrogens is 878 g/mol. The number of ether oxygens (including phenoxy) is 3. The Balaban J connectivity index is 1.21. The fourth-order valence-corrected chi connectivity index (χ4v) is 10.4. The summed E-state index contributed by atoms with van der Waals surface area (Å²) in [4.78, 5) is 88.5. The first-order valence-electron chi connectivity index (χ1n) is 17.1. The molecule has 3 heterocycles. The molecule has 0 bridgehead atoms. The molecule has 1 aliphatic heterocycles. The SMILES string of the molecule is Nc1ncnc2c1ncn2[C@@H]1O[C@H](COP(=O)([O-])OP(=O)([O-])OP(=O)([O-])OP(=O)([O-])OCc2ccccc2)C(OC(=O)Cc2ccccc2)[C@@H]1OC(=O)Cc1ccccc1. The summed E-state index contributed by atoms with van der Waals surface area (Å²) >= 11 is 0. The molecule has 320 valence electrons. The normalized spacial score (nSPS) is 21.9. The number of carbonyl (C=O) groups excluding carboxylic acids is 2. The van der Waals surface area contributed by atoms with E-state index in [9.17, 15) is 47.4 Å². The average Bonchev–Trinajstić information content (AvgIpc) is 3.74. The Morgan fingerprint density at radius 2 is 1.13 bits per heavy atom. The summed E-state index contributed by atoms with van der Waals surface area (Å²) in [6.45, 7) is -1.97. The third-order valence-electron chi connectivity index (χ3n) is 8.09. The number of aromatic nitrogens is 4. The maximum Gasteiger partial charge on any atom is 0.310 e. The molecule has 23 nitrogen and oxygen atoms in total. The Hall–Kier alpha value is -4.53. The Kier molecular flexibility index (Phi) is 14.3. The van der Waals surface area contributed by atoms with E-state index in [0.29, 0.717) is 11.1 Å². The number of nitrogen functional groups attached to an aromatic ring is 1. The molecule has 5 aromatic rings. The van der Waals surface area contributed by atoms with Crippen molar-refractivity contribution in [3.63, 3.8) is 0 Å². The second-order valence-electron chi connectivity index (χ2n) is 12.5. The third-order valence-corrected chi connectivity index (χ3v) is 13.8. The van der Waals surface area contributed by atoms with E-state index < -0.39 is 81.0 Å². The topological polar surface area (TPSA) is 338 Å². The first-order chi connectivity index (χ1) is 28.4. The number of hydrogen-bond acceptors (Lipinski definition) is 22. The minimum absolute atomic E-state index is 0.0344. The van der Waals surface area contributed by atoms with Crippen LogP contribution in [0.3, 0.4) is 0 Å². The van der Waals surface area contributed by atoms with Crippen molar-refractivity contribution in [3.8, 4) is 0 Å². The Morgan fingerprint density at radius 1 is 0.650 bits per heavy atom. The van der Waals surface area contributed by atoms with Crippen molar-refractivity contribution in [3.05, 3.63) is 120 Å². The van der Waals surface area contributed by atoms with Crippen LogP contribution in [-0.2, 0) is 83.5 Å². The van der Waals surface area contributed by atoms with E-state index in [0.717, 1.165) is 6.33 Å². The molecule has 6 rings (SSSR count). The van der Waals surface area contributed by atoms with Gasteiger partial charge in [0.1, 0.15) is 17.9 Å². The molecule has 0 spiro atoms. The van der Waals surface area contributed by atoms with Gasteiger partial charge in [0, 0.05) is 0 Å². The van der Waals surface area contributed by atoms with Crippen LogP contribution in [0.4, 0.5) is 5.82 Å². The van der Waals surface area contributed by atoms with Gasteiger partial charge in [0.05, 0.1) is 32.4 Å². The predicted molar refractivity (Wildman–Crippen MR) is 195 cm³/mol. The van der Waals surface area contributed by atoms with Crippen LogP contribution >= 0.6 is 31.3 Å². The van der Waals surface area contributed by atoms with Gasteiger partial charge in [-0.15, -0.1) is 0 Å². The van der Waals surface area contributed by atoms with E-state index in [1.807, 2.05) is 0 Å². The summed E-state index contributed by atoms with van der Waals surface area (Å²) in [6.07, 6.45) is -4.92. The summed E-state index contributed by atoms with van der Waals surface area (Å²) in [6, 6.07) is 24.0. The molecule has 0 radical (unpaired) electrons. The smallest absolute Gasteiger partial charge is 0.310 e. The zero-order valence-electron chi connectivity index (χ0n) is 30.5. The fourth-order valence-electron chi connectivity index (χ4n) is 5.64. The molecule has 1 aliphatic rings. The summed E-state index contributed by atoms with van der Waals surface area (Å²) in [5.41, 5.74) is 7.34. The van der Waals surface area contributed by atoms with Crippen molar-refractivity contribution < 1.29 is 83.6 Å². The summed E-state index contributed by atoms with van der Waals surface area (Å²) < 4.78 is 88.8. The molecule has 1 saturated heterocycles. The van der Waals surface area contributed by atoms with E-state index in [-0.39, 0.29) is 35.4 Å². The number of phosphoric ester groups is 2. The number of rotatable bonds is 19. The highest BCUT2D eigenvalue weighted by Crippen LogP contribution is 2.67. The number of anilines is 1. The van der Waals surface area contributed by atoms with Gasteiger partial charge >= 0.3 is 11.9 Å². The van der Waals surface area contributed by atoms with Gasteiger partial charge in [0.15, 0.2) is 29.9 Å². The number of imidazole rings is 1. The highest BCUT2D eigenvalue weighted by molar-refractivity contribution is 7.68. The average molecular weight is 910 g/mol. The molecule has 3 aromatic carbocycles. The van der Waals surface area contributed by atoms with Crippen LogP contribution in [0.5, 0.6) is 0 Å². The quantitative estimate of drug-likeness (QED) is 0.0911. The Morgan fingerprint density at radius 3 is 1.68 bits per heavy atom. The van der Waals surface area contributed by atoms with Crippen LogP contribution in [-0.4, -0.2) is 56.4 Å². The number of phosphoric acid groups is 4. The molecule has 0 amide bonds. The second-order valence-corrected chi connectivity index (χ2v) is 18.5. The van der Waals surface area contributed by atoms with Crippen LogP contribution in [0, 0.1) is 0 Å². The molecule has 5 unspecified atom stereocenters. The molecule has 60 heavy (non-hydrogen) atoms. The van der Waals surface area contributed by atoms with E-state index >= 15 is 0 Å². The van der Waals surface area contributed by atoms with Crippen molar-refractivity contribution >= 4 is 60.2 Å². The lowest BCUT2D eigenvalue weighted by Crippen LogP contribution is -2.41. The fraction of sp³-hybridized carbons (Fsp3) is 0.242. The standard InChI is InChI=1S/C33H35N5O18P4/c34-31-28-32(36-20-35-31)38(21-37-28)33-30(53-27(40)17-23-12-6-2-7-13-23)29(52-26(39)16-22-10-4-1-5-11-22)25(51-33)19-50-58(43,44)55-60(47,48)56-59(45,46)54-57(41,42)49-18-24-14-8-3-9-15-24/h1-15,20-21,25,29-30,33H,16-19H2,(H,41,42)(H,43,44)(H,45,46)(H,47,48)(H2,34,35,36)/p-4/t25-,29?,30+,33-/m1/s1. The lowest BCUT2D eigenvalue weighted by Gasteiger charge is -2.36. The van der Waals surface area contributed by atoms with Crippen LogP contribution in [0.25, 0.3) is 11.2 Å². The van der Waals surface area contributed by atoms with Crippen LogP contribution < -0.4 is 25.3 Å². The van der Waals surface area contributed by atoms with Gasteiger partial charge in [0.2, 0.25) is 0 Å². The number of nitrogens with zero attached hydrogens (tertiary/aromatic N) is 4. The molecule has 27 heteroatoms. The maximum absolute atomic E-state index is 13.4. The number of fused-ring (bicyclic) bond motifs is 1. The van der Waals surface area contributed by atoms with Crippen molar-refractivity contribution in [2.24, 2.45) is 0 Å². The highest BCUT2D eigenvalue weighted by Gasteiger charge is 2.51. The minimum Gasteiger partial charge on any atom is -0.756 e. The zero-order chi connectivity index (χ0) is 43.1. The van der Waals surface area contributed by atoms with Crippen molar-refractivity contribution in [1.29, 1.82) is 0 Å². The monoisotopic (exact) mass is 909 g/mol. The Bertz CT molecular complexity index is 2480. The van der Waals surface area contributed by atoms with Crippen molar-refractivity contribution in [2.75, 3.05) is 12.3 Å². The van der Waals surface area contributed by atoms with E-state index in [1.165, 1.54) is 35.2 Å². The number of benzene rings is 3. The van der Waals surface area contributed by atoms with Gasteiger partial charge in [-0.2, -0.15) is 0 Å². The van der Waals surface area contributed by atoms with E-state index in [1.54, 1.807) is 66.7 Å². The summed E-state index contributed by atoms with van der Waals surface area (Å²) in [5.74, 6) is -1.83. The van der Waals surface area contributed by atoms with Gasteiger partial charge in [-0.25, -0.2) is 27.9 Å². The van der Waals surface area contributed by atoms with Crippen molar-refractivity contribution in [2.45, 2.75) is 44.0 Å². The molecule has 8 atom stereocenters.